The van der Waals surface area contributed by atoms with E-state index in [1.54, 1.807) is 17.0 Å². The summed E-state index contributed by atoms with van der Waals surface area (Å²) in [4.78, 5) is 14.3. The van der Waals surface area contributed by atoms with Crippen LogP contribution in [0.3, 0.4) is 0 Å². The van der Waals surface area contributed by atoms with Crippen LogP contribution in [0, 0.1) is 0 Å². The molecule has 0 spiro atoms. The van der Waals surface area contributed by atoms with Crippen LogP contribution < -0.4 is 0 Å². The van der Waals surface area contributed by atoms with Crippen molar-refractivity contribution in [1.82, 2.24) is 4.90 Å². The summed E-state index contributed by atoms with van der Waals surface area (Å²) in [6.07, 6.45) is 2.14. The van der Waals surface area contributed by atoms with Crippen LogP contribution in [-0.2, 0) is 16.0 Å². The van der Waals surface area contributed by atoms with Crippen LogP contribution in [0.2, 0.25) is 0 Å². The molecule has 25 heavy (non-hydrogen) atoms. The van der Waals surface area contributed by atoms with Gasteiger partial charge in [0.1, 0.15) is 11.8 Å². The van der Waals surface area contributed by atoms with Crippen molar-refractivity contribution in [1.29, 1.82) is 0 Å². The zero-order valence-electron chi connectivity index (χ0n) is 14.9. The lowest BCUT2D eigenvalue weighted by Crippen LogP contribution is -2.45. The largest absolute Gasteiger partial charge is 0.444 e. The molecule has 1 aliphatic rings. The Hall–Kier alpha value is -1.79. The number of rotatable bonds is 4. The minimum atomic E-state index is -0.570. The first-order valence-corrected chi connectivity index (χ1v) is 8.76. The van der Waals surface area contributed by atoms with E-state index in [0.29, 0.717) is 18.7 Å². The highest BCUT2D eigenvalue weighted by Crippen LogP contribution is 2.22. The third-order valence-electron chi connectivity index (χ3n) is 3.76. The van der Waals surface area contributed by atoms with Crippen molar-refractivity contribution >= 4 is 22.9 Å². The first kappa shape index (κ1) is 19.5. The van der Waals surface area contributed by atoms with E-state index in [0.717, 1.165) is 24.8 Å². The molecule has 1 amide bonds. The highest BCUT2D eigenvalue weighted by Gasteiger charge is 2.30. The number of oxime groups is 1. The first-order chi connectivity index (χ1) is 11.8. The predicted octanol–water partition coefficient (Wildman–Crippen LogP) is 4.32. The normalized spacial score (nSPS) is 18.7. The van der Waals surface area contributed by atoms with Gasteiger partial charge in [-0.25, -0.2) is 4.79 Å². The Morgan fingerprint density at radius 3 is 2.56 bits per heavy atom. The van der Waals surface area contributed by atoms with Crippen LogP contribution in [0.15, 0.2) is 29.4 Å². The van der Waals surface area contributed by atoms with E-state index in [-0.39, 0.29) is 11.4 Å². The number of amides is 1. The predicted molar refractivity (Wildman–Crippen MR) is 96.0 cm³/mol. The number of benzene rings is 1. The highest BCUT2D eigenvalue weighted by atomic mass is 35.5. The Morgan fingerprint density at radius 1 is 1.36 bits per heavy atom. The molecule has 138 valence electrons. The lowest BCUT2D eigenvalue weighted by atomic mass is 10.1. The van der Waals surface area contributed by atoms with Gasteiger partial charge in [0, 0.05) is 12.2 Å². The van der Waals surface area contributed by atoms with E-state index in [1.165, 1.54) is 0 Å². The fourth-order valence-corrected chi connectivity index (χ4v) is 2.70. The van der Waals surface area contributed by atoms with Gasteiger partial charge in [-0.05, 0) is 45.6 Å². The molecule has 1 fully saturated rings. The van der Waals surface area contributed by atoms with Crippen LogP contribution >= 0.6 is 11.6 Å². The molecule has 1 saturated heterocycles. The van der Waals surface area contributed by atoms with Crippen LogP contribution in [0.1, 0.15) is 51.2 Å². The van der Waals surface area contributed by atoms with Crippen LogP contribution in [-0.4, -0.2) is 39.8 Å². The van der Waals surface area contributed by atoms with E-state index in [2.05, 4.69) is 5.16 Å². The molecule has 1 aromatic rings. The van der Waals surface area contributed by atoms with Gasteiger partial charge in [-0.15, -0.1) is 0 Å². The van der Waals surface area contributed by atoms with Gasteiger partial charge in [-0.2, -0.15) is 0 Å². The molecule has 0 bridgehead atoms. The molecular formula is C18H25ClN2O4. The van der Waals surface area contributed by atoms with E-state index < -0.39 is 11.7 Å². The summed E-state index contributed by atoms with van der Waals surface area (Å²) >= 11 is 5.79. The highest BCUT2D eigenvalue weighted by molar-refractivity contribution is 6.69. The molecular weight excluding hydrogens is 344 g/mol. The molecule has 0 radical (unpaired) electrons. The van der Waals surface area contributed by atoms with Crippen LogP contribution in [0.5, 0.6) is 0 Å². The Labute approximate surface area is 153 Å². The lowest BCUT2D eigenvalue weighted by molar-refractivity contribution is -0.0911. The Morgan fingerprint density at radius 2 is 2.04 bits per heavy atom. The van der Waals surface area contributed by atoms with Gasteiger partial charge in [0.25, 0.3) is 0 Å². The second kappa shape index (κ2) is 8.54. The van der Waals surface area contributed by atoms with Crippen molar-refractivity contribution in [3.8, 4) is 0 Å². The molecule has 1 aliphatic heterocycles. The molecule has 1 aromatic carbocycles. The summed E-state index contributed by atoms with van der Waals surface area (Å²) < 4.78 is 11.3. The maximum atomic E-state index is 12.6. The van der Waals surface area contributed by atoms with Gasteiger partial charge in [-0.1, -0.05) is 41.0 Å². The average molecular weight is 369 g/mol. The third kappa shape index (κ3) is 5.90. The maximum Gasteiger partial charge on any atom is 0.412 e. The summed E-state index contributed by atoms with van der Waals surface area (Å²) in [5.74, 6) is 0. The van der Waals surface area contributed by atoms with Gasteiger partial charge < -0.3 is 14.7 Å². The molecule has 1 heterocycles. The number of nitrogens with zero attached hydrogens (tertiary/aromatic N) is 2. The van der Waals surface area contributed by atoms with Crippen molar-refractivity contribution in [2.24, 2.45) is 5.16 Å². The van der Waals surface area contributed by atoms with Crippen molar-refractivity contribution in [3.05, 3.63) is 35.4 Å². The van der Waals surface area contributed by atoms with Crippen molar-refractivity contribution in [2.45, 2.75) is 58.4 Å². The first-order valence-electron chi connectivity index (χ1n) is 8.38. The number of hydrogen-bond acceptors (Lipinski definition) is 5. The van der Waals surface area contributed by atoms with Gasteiger partial charge >= 0.3 is 6.09 Å². The topological polar surface area (TPSA) is 71.4 Å². The molecule has 1 N–H and O–H groups in total. The van der Waals surface area contributed by atoms with Crippen molar-refractivity contribution < 1.29 is 19.5 Å². The standard InChI is InChI=1S/C18H25ClN2O4/c1-18(2,3)25-17(22)21(15-6-4-5-11-24-15)12-13-7-9-14(10-8-13)16(19)20-23/h7-10,15,23H,4-6,11-12H2,1-3H3/b20-16-. The van der Waals surface area contributed by atoms with Gasteiger partial charge in [-0.3, -0.25) is 4.90 Å². The van der Waals surface area contributed by atoms with Gasteiger partial charge in [0.15, 0.2) is 5.17 Å². The molecule has 1 atom stereocenters. The second-order valence-electron chi connectivity index (χ2n) is 7.02. The van der Waals surface area contributed by atoms with Crippen molar-refractivity contribution in [3.63, 3.8) is 0 Å². The van der Waals surface area contributed by atoms with Crippen LogP contribution in [0.4, 0.5) is 4.79 Å². The minimum absolute atomic E-state index is 0.0196. The summed E-state index contributed by atoms with van der Waals surface area (Å²) in [6.45, 7) is 6.54. The monoisotopic (exact) mass is 368 g/mol. The van der Waals surface area contributed by atoms with Gasteiger partial charge in [0.2, 0.25) is 0 Å². The molecule has 1 unspecified atom stereocenters. The lowest BCUT2D eigenvalue weighted by Gasteiger charge is -2.35. The number of hydrogen-bond donors (Lipinski definition) is 1. The molecule has 2 rings (SSSR count). The Bertz CT molecular complexity index is 604. The number of carbonyl (C=O) groups is 1. The number of carbonyl (C=O) groups excluding carboxylic acids is 1. The SMILES string of the molecule is CC(C)(C)OC(=O)N(Cc1ccc(/C(Cl)=N/O)cc1)C1CCCCO1. The summed E-state index contributed by atoms with van der Waals surface area (Å²) in [6, 6.07) is 7.16. The van der Waals surface area contributed by atoms with E-state index in [1.807, 2.05) is 32.9 Å². The smallest absolute Gasteiger partial charge is 0.412 e. The quantitative estimate of drug-likeness (QED) is 0.488. The van der Waals surface area contributed by atoms with E-state index >= 15 is 0 Å². The molecule has 0 aromatic heterocycles. The second-order valence-corrected chi connectivity index (χ2v) is 7.38. The minimum Gasteiger partial charge on any atom is -0.444 e. The molecule has 0 saturated carbocycles. The fraction of sp³-hybridized carbons (Fsp3) is 0.556. The molecule has 0 aliphatic carbocycles. The maximum absolute atomic E-state index is 12.6. The Kier molecular flexibility index (Phi) is 6.67. The van der Waals surface area contributed by atoms with E-state index in [9.17, 15) is 4.79 Å². The van der Waals surface area contributed by atoms with Crippen LogP contribution in [0.25, 0.3) is 0 Å². The zero-order valence-corrected chi connectivity index (χ0v) is 15.6. The van der Waals surface area contributed by atoms with Gasteiger partial charge in [0.05, 0.1) is 6.54 Å². The summed E-state index contributed by atoms with van der Waals surface area (Å²) in [5, 5.41) is 11.7. The Balaban J connectivity index is 2.15. The number of ether oxygens (including phenoxy) is 2. The zero-order chi connectivity index (χ0) is 18.4. The molecule has 7 heteroatoms. The summed E-state index contributed by atoms with van der Waals surface area (Å²) in [5.41, 5.74) is 0.940. The van der Waals surface area contributed by atoms with E-state index in [4.69, 9.17) is 26.3 Å². The molecule has 6 nitrogen and oxygen atoms in total. The fourth-order valence-electron chi connectivity index (χ4n) is 2.58. The van der Waals surface area contributed by atoms with Crippen molar-refractivity contribution in [2.75, 3.05) is 6.61 Å². The third-order valence-corrected chi connectivity index (χ3v) is 4.06. The average Bonchev–Trinajstić information content (AvgIpc) is 2.58. The summed E-state index contributed by atoms with van der Waals surface area (Å²) in [7, 11) is 0. The number of halogens is 1.